The van der Waals surface area contributed by atoms with E-state index in [0.29, 0.717) is 24.0 Å². The van der Waals surface area contributed by atoms with Gasteiger partial charge in [-0.1, -0.05) is 12.1 Å². The van der Waals surface area contributed by atoms with Gasteiger partial charge in [0, 0.05) is 11.6 Å². The second kappa shape index (κ2) is 6.73. The summed E-state index contributed by atoms with van der Waals surface area (Å²) in [6.45, 7) is 0.337. The SMILES string of the molecule is COc1ccc2nc(C3COc4ccccc4O3)nc(Nc3cn[nH]c3)c2c1. The fourth-order valence-electron chi connectivity index (χ4n) is 3.09. The molecule has 1 aliphatic rings. The van der Waals surface area contributed by atoms with Crippen molar-refractivity contribution < 1.29 is 14.2 Å². The third kappa shape index (κ3) is 2.94. The highest BCUT2D eigenvalue weighted by molar-refractivity contribution is 5.91. The van der Waals surface area contributed by atoms with Crippen molar-refractivity contribution in [2.75, 3.05) is 19.0 Å². The third-order valence-electron chi connectivity index (χ3n) is 4.48. The van der Waals surface area contributed by atoms with Crippen molar-refractivity contribution in [2.45, 2.75) is 6.10 Å². The zero-order valence-electron chi connectivity index (χ0n) is 15.0. The molecular formula is C20H17N5O3. The van der Waals surface area contributed by atoms with E-state index in [2.05, 4.69) is 15.5 Å². The first-order chi connectivity index (χ1) is 13.8. The van der Waals surface area contributed by atoms with Crippen LogP contribution in [0.15, 0.2) is 54.9 Å². The summed E-state index contributed by atoms with van der Waals surface area (Å²) in [5, 5.41) is 10.9. The fraction of sp³-hybridized carbons (Fsp3) is 0.150. The first-order valence-electron chi connectivity index (χ1n) is 8.80. The van der Waals surface area contributed by atoms with Gasteiger partial charge in [0.05, 0.1) is 24.5 Å². The molecule has 1 unspecified atom stereocenters. The lowest BCUT2D eigenvalue weighted by Gasteiger charge is -2.26. The van der Waals surface area contributed by atoms with Gasteiger partial charge in [0.15, 0.2) is 23.4 Å². The average Bonchev–Trinajstić information content (AvgIpc) is 3.26. The molecule has 0 saturated heterocycles. The lowest BCUT2D eigenvalue weighted by Crippen LogP contribution is -2.23. The van der Waals surface area contributed by atoms with Gasteiger partial charge in [-0.15, -0.1) is 0 Å². The molecule has 1 aliphatic heterocycles. The molecule has 2 aromatic carbocycles. The number of fused-ring (bicyclic) bond motifs is 2. The van der Waals surface area contributed by atoms with E-state index in [0.717, 1.165) is 28.1 Å². The van der Waals surface area contributed by atoms with Gasteiger partial charge in [-0.05, 0) is 30.3 Å². The number of methoxy groups -OCH3 is 1. The summed E-state index contributed by atoms with van der Waals surface area (Å²) in [5.41, 5.74) is 1.57. The number of nitrogens with zero attached hydrogens (tertiary/aromatic N) is 3. The van der Waals surface area contributed by atoms with E-state index in [1.165, 1.54) is 0 Å². The fourth-order valence-corrected chi connectivity index (χ4v) is 3.09. The Labute approximate surface area is 160 Å². The number of hydrogen-bond donors (Lipinski definition) is 2. The van der Waals surface area contributed by atoms with Gasteiger partial charge < -0.3 is 19.5 Å². The van der Waals surface area contributed by atoms with Crippen LogP contribution in [0.5, 0.6) is 17.2 Å². The van der Waals surface area contributed by atoms with Crippen LogP contribution in [-0.2, 0) is 0 Å². The van der Waals surface area contributed by atoms with E-state index >= 15 is 0 Å². The Kier molecular flexibility index (Phi) is 3.93. The molecule has 0 radical (unpaired) electrons. The molecule has 3 heterocycles. The van der Waals surface area contributed by atoms with Crippen LogP contribution in [0.4, 0.5) is 11.5 Å². The van der Waals surface area contributed by atoms with Crippen LogP contribution in [0.2, 0.25) is 0 Å². The lowest BCUT2D eigenvalue weighted by atomic mass is 10.2. The van der Waals surface area contributed by atoms with Crippen molar-refractivity contribution in [3.05, 3.63) is 60.7 Å². The normalized spacial score (nSPS) is 15.4. The number of nitrogens with one attached hydrogen (secondary N) is 2. The zero-order valence-corrected chi connectivity index (χ0v) is 15.0. The van der Waals surface area contributed by atoms with Crippen LogP contribution in [-0.4, -0.2) is 33.9 Å². The van der Waals surface area contributed by atoms with E-state index in [1.54, 1.807) is 19.5 Å². The minimum atomic E-state index is -0.411. The Balaban J connectivity index is 1.58. The first kappa shape index (κ1) is 16.4. The van der Waals surface area contributed by atoms with Crippen molar-refractivity contribution in [2.24, 2.45) is 0 Å². The number of aromatic amines is 1. The number of benzene rings is 2. The van der Waals surface area contributed by atoms with E-state index in [-0.39, 0.29) is 0 Å². The maximum absolute atomic E-state index is 6.08. The first-order valence-corrected chi connectivity index (χ1v) is 8.80. The highest BCUT2D eigenvalue weighted by Gasteiger charge is 2.26. The van der Waals surface area contributed by atoms with Gasteiger partial charge in [0.1, 0.15) is 18.2 Å². The number of ether oxygens (including phenoxy) is 3. The predicted molar refractivity (Wildman–Crippen MR) is 103 cm³/mol. The Morgan fingerprint density at radius 1 is 1.14 bits per heavy atom. The number of H-pyrrole nitrogens is 1. The maximum Gasteiger partial charge on any atom is 0.192 e. The standard InChI is InChI=1S/C20H17N5O3/c1-26-13-6-7-15-14(8-13)19(23-12-9-21-22-10-12)25-20(24-15)18-11-27-16-4-2-3-5-17(16)28-18/h2-10,18H,11H2,1H3,(H,21,22)(H,23,24,25). The molecule has 0 aliphatic carbocycles. The summed E-state index contributed by atoms with van der Waals surface area (Å²) in [7, 11) is 1.63. The van der Waals surface area contributed by atoms with Crippen LogP contribution in [0, 0.1) is 0 Å². The van der Waals surface area contributed by atoms with Crippen molar-refractivity contribution >= 4 is 22.4 Å². The highest BCUT2D eigenvalue weighted by atomic mass is 16.6. The molecule has 140 valence electrons. The van der Waals surface area contributed by atoms with E-state index in [9.17, 15) is 0 Å². The lowest BCUT2D eigenvalue weighted by molar-refractivity contribution is 0.0854. The van der Waals surface area contributed by atoms with E-state index < -0.39 is 6.10 Å². The molecule has 1 atom stereocenters. The van der Waals surface area contributed by atoms with Gasteiger partial charge in [0.25, 0.3) is 0 Å². The van der Waals surface area contributed by atoms with Crippen molar-refractivity contribution in [3.8, 4) is 17.2 Å². The molecule has 5 rings (SSSR count). The molecule has 0 amide bonds. The predicted octanol–water partition coefficient (Wildman–Crippen LogP) is 3.62. The molecular weight excluding hydrogens is 358 g/mol. The number of aromatic nitrogens is 4. The number of para-hydroxylation sites is 2. The monoisotopic (exact) mass is 375 g/mol. The number of anilines is 2. The molecule has 8 heteroatoms. The summed E-state index contributed by atoms with van der Waals surface area (Å²) >= 11 is 0. The molecule has 0 spiro atoms. The summed E-state index contributed by atoms with van der Waals surface area (Å²) in [6.07, 6.45) is 3.03. The van der Waals surface area contributed by atoms with Crippen LogP contribution < -0.4 is 19.5 Å². The Bertz CT molecular complexity index is 1130. The van der Waals surface area contributed by atoms with Crippen molar-refractivity contribution in [3.63, 3.8) is 0 Å². The van der Waals surface area contributed by atoms with Crippen LogP contribution in [0.25, 0.3) is 10.9 Å². The molecule has 2 aromatic heterocycles. The van der Waals surface area contributed by atoms with E-state index in [1.807, 2.05) is 42.5 Å². The minimum Gasteiger partial charge on any atom is -0.497 e. The Morgan fingerprint density at radius 2 is 2.04 bits per heavy atom. The second-order valence-corrected chi connectivity index (χ2v) is 6.29. The quantitative estimate of drug-likeness (QED) is 0.563. The molecule has 8 nitrogen and oxygen atoms in total. The topological polar surface area (TPSA) is 94.2 Å². The average molecular weight is 375 g/mol. The van der Waals surface area contributed by atoms with Gasteiger partial charge in [-0.25, -0.2) is 9.97 Å². The minimum absolute atomic E-state index is 0.337. The van der Waals surface area contributed by atoms with E-state index in [4.69, 9.17) is 24.2 Å². The van der Waals surface area contributed by atoms with Crippen LogP contribution in [0.3, 0.4) is 0 Å². The number of rotatable bonds is 4. The molecule has 0 bridgehead atoms. The van der Waals surface area contributed by atoms with Gasteiger partial charge >= 0.3 is 0 Å². The smallest absolute Gasteiger partial charge is 0.192 e. The Morgan fingerprint density at radius 3 is 2.86 bits per heavy atom. The highest BCUT2D eigenvalue weighted by Crippen LogP contribution is 2.36. The molecule has 4 aromatic rings. The molecule has 0 fully saturated rings. The van der Waals surface area contributed by atoms with Gasteiger partial charge in [-0.3, -0.25) is 5.10 Å². The molecule has 0 saturated carbocycles. The van der Waals surface area contributed by atoms with Crippen LogP contribution in [0.1, 0.15) is 11.9 Å². The summed E-state index contributed by atoms with van der Waals surface area (Å²) in [6, 6.07) is 13.2. The summed E-state index contributed by atoms with van der Waals surface area (Å²) in [5.74, 6) is 3.31. The summed E-state index contributed by atoms with van der Waals surface area (Å²) in [4.78, 5) is 9.43. The Hall–Kier alpha value is -3.81. The van der Waals surface area contributed by atoms with Gasteiger partial charge in [0.2, 0.25) is 0 Å². The largest absolute Gasteiger partial charge is 0.497 e. The van der Waals surface area contributed by atoms with Crippen molar-refractivity contribution in [1.29, 1.82) is 0 Å². The third-order valence-corrected chi connectivity index (χ3v) is 4.48. The second-order valence-electron chi connectivity index (χ2n) is 6.29. The van der Waals surface area contributed by atoms with Crippen LogP contribution >= 0.6 is 0 Å². The van der Waals surface area contributed by atoms with Gasteiger partial charge in [-0.2, -0.15) is 5.10 Å². The summed E-state index contributed by atoms with van der Waals surface area (Å²) < 4.78 is 17.3. The molecule has 28 heavy (non-hydrogen) atoms. The number of hydrogen-bond acceptors (Lipinski definition) is 7. The zero-order chi connectivity index (χ0) is 18.9. The van der Waals surface area contributed by atoms with Crippen molar-refractivity contribution in [1.82, 2.24) is 20.2 Å². The molecule has 2 N–H and O–H groups in total. The maximum atomic E-state index is 6.08.